The van der Waals surface area contributed by atoms with Gasteiger partial charge < -0.3 is 9.15 Å². The molecule has 0 aliphatic heterocycles. The predicted octanol–water partition coefficient (Wildman–Crippen LogP) is 4.32. The van der Waals surface area contributed by atoms with Crippen LogP contribution < -0.4 is 4.74 Å². The van der Waals surface area contributed by atoms with Crippen molar-refractivity contribution in [2.75, 3.05) is 18.1 Å². The highest BCUT2D eigenvalue weighted by atomic mass is 32.2. The van der Waals surface area contributed by atoms with Crippen molar-refractivity contribution in [3.63, 3.8) is 0 Å². The Balaban J connectivity index is 1.53. The van der Waals surface area contributed by atoms with E-state index in [1.54, 1.807) is 31.2 Å². The maximum absolute atomic E-state index is 12.8. The monoisotopic (exact) mass is 395 g/mol. The minimum absolute atomic E-state index is 0.0476. The lowest BCUT2D eigenvalue weighted by atomic mass is 10.3. The van der Waals surface area contributed by atoms with Crippen LogP contribution in [0, 0.1) is 5.82 Å². The van der Waals surface area contributed by atoms with E-state index in [0.29, 0.717) is 28.7 Å². The van der Waals surface area contributed by atoms with Crippen LogP contribution in [0.3, 0.4) is 0 Å². The summed E-state index contributed by atoms with van der Waals surface area (Å²) >= 11 is 1.44. The zero-order valence-corrected chi connectivity index (χ0v) is 15.8. The molecule has 0 saturated carbocycles. The van der Waals surface area contributed by atoms with Crippen molar-refractivity contribution in [3.8, 4) is 5.75 Å². The SMILES string of the molecule is CCS(=O)(=O)c1ccc2oc(SCCCOc3ccc(F)cc3)nc2c1. The van der Waals surface area contributed by atoms with E-state index in [4.69, 9.17) is 9.15 Å². The minimum atomic E-state index is -3.26. The lowest BCUT2D eigenvalue weighted by Crippen LogP contribution is -2.03. The molecule has 0 amide bonds. The lowest BCUT2D eigenvalue weighted by molar-refractivity contribution is 0.318. The van der Waals surface area contributed by atoms with Gasteiger partial charge >= 0.3 is 0 Å². The molecule has 0 saturated heterocycles. The molecule has 3 aromatic rings. The topological polar surface area (TPSA) is 69.4 Å². The summed E-state index contributed by atoms with van der Waals surface area (Å²) in [6.45, 7) is 2.11. The third kappa shape index (κ3) is 4.56. The van der Waals surface area contributed by atoms with Gasteiger partial charge in [-0.2, -0.15) is 0 Å². The minimum Gasteiger partial charge on any atom is -0.494 e. The first-order chi connectivity index (χ1) is 12.5. The van der Waals surface area contributed by atoms with E-state index in [2.05, 4.69) is 4.98 Å². The van der Waals surface area contributed by atoms with Gasteiger partial charge in [-0.1, -0.05) is 18.7 Å². The van der Waals surface area contributed by atoms with E-state index in [1.165, 1.54) is 30.0 Å². The van der Waals surface area contributed by atoms with Gasteiger partial charge in [0.25, 0.3) is 5.22 Å². The number of ether oxygens (including phenoxy) is 1. The Bertz CT molecular complexity index is 984. The maximum atomic E-state index is 12.8. The molecule has 1 aromatic heterocycles. The molecule has 0 aliphatic rings. The number of oxazole rings is 1. The Morgan fingerprint density at radius 2 is 1.96 bits per heavy atom. The molecule has 138 valence electrons. The zero-order valence-electron chi connectivity index (χ0n) is 14.1. The van der Waals surface area contributed by atoms with E-state index in [-0.39, 0.29) is 16.5 Å². The predicted molar refractivity (Wildman–Crippen MR) is 99.0 cm³/mol. The van der Waals surface area contributed by atoms with Gasteiger partial charge in [-0.05, 0) is 48.9 Å². The Morgan fingerprint density at radius 1 is 1.19 bits per heavy atom. The van der Waals surface area contributed by atoms with Crippen LogP contribution in [0.2, 0.25) is 0 Å². The summed E-state index contributed by atoms with van der Waals surface area (Å²) in [5.74, 6) is 1.11. The average Bonchev–Trinajstić information content (AvgIpc) is 3.05. The number of halogens is 1. The first kappa shape index (κ1) is 18.7. The van der Waals surface area contributed by atoms with Crippen molar-refractivity contribution in [2.45, 2.75) is 23.5 Å². The molecule has 0 aliphatic carbocycles. The van der Waals surface area contributed by atoms with E-state index < -0.39 is 9.84 Å². The third-order valence-corrected chi connectivity index (χ3v) is 6.32. The highest BCUT2D eigenvalue weighted by molar-refractivity contribution is 7.99. The molecule has 26 heavy (non-hydrogen) atoms. The zero-order chi connectivity index (χ0) is 18.6. The summed E-state index contributed by atoms with van der Waals surface area (Å²) in [5, 5.41) is 0.493. The fourth-order valence-electron chi connectivity index (χ4n) is 2.25. The van der Waals surface area contributed by atoms with Gasteiger partial charge in [0, 0.05) is 5.75 Å². The summed E-state index contributed by atoms with van der Waals surface area (Å²) in [4.78, 5) is 4.59. The Kier molecular flexibility index (Phi) is 5.83. The van der Waals surface area contributed by atoms with Crippen molar-refractivity contribution in [1.82, 2.24) is 4.98 Å². The largest absolute Gasteiger partial charge is 0.494 e. The maximum Gasteiger partial charge on any atom is 0.256 e. The molecule has 0 fully saturated rings. The van der Waals surface area contributed by atoms with Crippen molar-refractivity contribution in [3.05, 3.63) is 48.3 Å². The highest BCUT2D eigenvalue weighted by Gasteiger charge is 2.14. The van der Waals surface area contributed by atoms with E-state index in [1.807, 2.05) is 0 Å². The average molecular weight is 395 g/mol. The quantitative estimate of drug-likeness (QED) is 0.418. The number of thioether (sulfide) groups is 1. The molecular formula is C18H18FNO4S2. The summed E-state index contributed by atoms with van der Waals surface area (Å²) in [7, 11) is -3.26. The van der Waals surface area contributed by atoms with Crippen LogP contribution in [0.4, 0.5) is 4.39 Å². The van der Waals surface area contributed by atoms with Gasteiger partial charge in [-0.25, -0.2) is 17.8 Å². The van der Waals surface area contributed by atoms with Crippen LogP contribution in [0.15, 0.2) is 57.0 Å². The van der Waals surface area contributed by atoms with Crippen LogP contribution in [0.1, 0.15) is 13.3 Å². The van der Waals surface area contributed by atoms with Crippen LogP contribution in [0.5, 0.6) is 5.75 Å². The van der Waals surface area contributed by atoms with Crippen molar-refractivity contribution in [2.24, 2.45) is 0 Å². The molecular weight excluding hydrogens is 377 g/mol. The van der Waals surface area contributed by atoms with Crippen LogP contribution in [-0.4, -0.2) is 31.5 Å². The number of rotatable bonds is 8. The third-order valence-electron chi connectivity index (χ3n) is 3.68. The molecule has 0 unspecified atom stereocenters. The van der Waals surface area contributed by atoms with Gasteiger partial charge in [-0.15, -0.1) is 0 Å². The van der Waals surface area contributed by atoms with Gasteiger partial charge in [0.15, 0.2) is 15.4 Å². The van der Waals surface area contributed by atoms with Crippen LogP contribution >= 0.6 is 11.8 Å². The van der Waals surface area contributed by atoms with Crippen molar-refractivity contribution < 1.29 is 22.0 Å². The standard InChI is InChI=1S/C18H18FNO4S2/c1-2-26(21,22)15-8-9-17-16(12-15)20-18(24-17)25-11-3-10-23-14-6-4-13(19)5-7-14/h4-9,12H,2-3,10-11H2,1H3. The smallest absolute Gasteiger partial charge is 0.256 e. The van der Waals surface area contributed by atoms with Crippen LogP contribution in [-0.2, 0) is 9.84 Å². The van der Waals surface area contributed by atoms with E-state index in [0.717, 1.165) is 12.2 Å². The summed E-state index contributed by atoms with van der Waals surface area (Å²) < 4.78 is 47.8. The fourth-order valence-corrected chi connectivity index (χ4v) is 3.90. The summed E-state index contributed by atoms with van der Waals surface area (Å²) in [6.07, 6.45) is 0.760. The molecule has 0 atom stereocenters. The van der Waals surface area contributed by atoms with E-state index >= 15 is 0 Å². The van der Waals surface area contributed by atoms with Crippen LogP contribution in [0.25, 0.3) is 11.1 Å². The molecule has 8 heteroatoms. The number of benzene rings is 2. The number of sulfone groups is 1. The second-order valence-corrected chi connectivity index (χ2v) is 8.84. The Labute approximate surface area is 155 Å². The number of hydrogen-bond acceptors (Lipinski definition) is 6. The molecule has 1 heterocycles. The Hall–Kier alpha value is -2.06. The normalized spacial score (nSPS) is 11.8. The summed E-state index contributed by atoms with van der Waals surface area (Å²) in [5.41, 5.74) is 1.09. The van der Waals surface area contributed by atoms with Gasteiger partial charge in [0.05, 0.1) is 17.3 Å². The van der Waals surface area contributed by atoms with Gasteiger partial charge in [0.2, 0.25) is 0 Å². The number of aromatic nitrogens is 1. The molecule has 5 nitrogen and oxygen atoms in total. The first-order valence-electron chi connectivity index (χ1n) is 8.12. The molecule has 0 spiro atoms. The fraction of sp³-hybridized carbons (Fsp3) is 0.278. The molecule has 0 radical (unpaired) electrons. The molecule has 3 rings (SSSR count). The Morgan fingerprint density at radius 3 is 2.69 bits per heavy atom. The molecule has 2 aromatic carbocycles. The number of nitrogens with zero attached hydrogens (tertiary/aromatic N) is 1. The van der Waals surface area contributed by atoms with E-state index in [9.17, 15) is 12.8 Å². The summed E-state index contributed by atoms with van der Waals surface area (Å²) in [6, 6.07) is 10.6. The first-order valence-corrected chi connectivity index (χ1v) is 10.8. The van der Waals surface area contributed by atoms with Gasteiger partial charge in [0.1, 0.15) is 17.1 Å². The van der Waals surface area contributed by atoms with Crippen molar-refractivity contribution in [1.29, 1.82) is 0 Å². The van der Waals surface area contributed by atoms with Crippen molar-refractivity contribution >= 4 is 32.7 Å². The van der Waals surface area contributed by atoms with Gasteiger partial charge in [-0.3, -0.25) is 0 Å². The molecule has 0 N–H and O–H groups in total. The highest BCUT2D eigenvalue weighted by Crippen LogP contribution is 2.26. The second kappa shape index (κ2) is 8.09. The number of fused-ring (bicyclic) bond motifs is 1. The second-order valence-electron chi connectivity index (χ2n) is 5.52. The molecule has 0 bridgehead atoms. The lowest BCUT2D eigenvalue weighted by Gasteiger charge is -2.04. The number of hydrogen-bond donors (Lipinski definition) is 0.